The molecule has 0 radical (unpaired) electrons. The molecule has 0 aliphatic heterocycles. The second-order valence-corrected chi connectivity index (χ2v) is 10.2. The van der Waals surface area contributed by atoms with Gasteiger partial charge in [0.1, 0.15) is 18.3 Å². The monoisotopic (exact) mass is 509 g/mol. The first-order valence-corrected chi connectivity index (χ1v) is 12.9. The van der Waals surface area contributed by atoms with E-state index < -0.39 is 28.5 Å². The molecular weight excluding hydrogens is 478 g/mol. The van der Waals surface area contributed by atoms with Gasteiger partial charge >= 0.3 is 0 Å². The van der Waals surface area contributed by atoms with E-state index in [0.717, 1.165) is 15.4 Å². The smallest absolute Gasteiger partial charge is 0.264 e. The van der Waals surface area contributed by atoms with Gasteiger partial charge in [0.2, 0.25) is 11.8 Å². The summed E-state index contributed by atoms with van der Waals surface area (Å²) in [7, 11) is -1.08. The van der Waals surface area contributed by atoms with Gasteiger partial charge in [-0.1, -0.05) is 48.0 Å². The minimum Gasteiger partial charge on any atom is -0.497 e. The molecule has 2 amide bonds. The number of likely N-dealkylation sites (N-methyl/N-ethyl adjacent to an activating group) is 1. The predicted molar refractivity (Wildman–Crippen MR) is 139 cm³/mol. The number of rotatable bonds is 10. The summed E-state index contributed by atoms with van der Waals surface area (Å²) in [4.78, 5) is 27.6. The SMILES string of the molecule is CNC(=O)[C@H](C)N(Cc1ccc(C)cc1)C(=O)CN(c1ccc(OC)cc1)S(=O)(=O)c1ccccc1. The van der Waals surface area contributed by atoms with Crippen molar-refractivity contribution in [3.8, 4) is 5.75 Å². The van der Waals surface area contributed by atoms with Crippen LogP contribution in [-0.4, -0.2) is 51.9 Å². The number of benzene rings is 3. The number of amides is 2. The van der Waals surface area contributed by atoms with Crippen molar-refractivity contribution in [2.75, 3.05) is 25.0 Å². The summed E-state index contributed by atoms with van der Waals surface area (Å²) in [6.07, 6.45) is 0. The van der Waals surface area contributed by atoms with Crippen LogP contribution in [0, 0.1) is 6.92 Å². The number of anilines is 1. The van der Waals surface area contributed by atoms with Crippen LogP contribution in [0.4, 0.5) is 5.69 Å². The van der Waals surface area contributed by atoms with Crippen LogP contribution >= 0.6 is 0 Å². The van der Waals surface area contributed by atoms with Crippen molar-refractivity contribution in [3.63, 3.8) is 0 Å². The second-order valence-electron chi connectivity index (χ2n) is 8.32. The van der Waals surface area contributed by atoms with Gasteiger partial charge in [0, 0.05) is 13.6 Å². The molecule has 0 heterocycles. The zero-order valence-electron chi connectivity index (χ0n) is 20.8. The molecule has 0 aliphatic rings. The molecule has 0 bridgehead atoms. The van der Waals surface area contributed by atoms with Crippen LogP contribution in [0.25, 0.3) is 0 Å². The summed E-state index contributed by atoms with van der Waals surface area (Å²) in [5.74, 6) is -0.309. The molecule has 0 unspecified atom stereocenters. The number of hydrogen-bond acceptors (Lipinski definition) is 5. The molecular formula is C27H31N3O5S. The summed E-state index contributed by atoms with van der Waals surface area (Å²) >= 11 is 0. The summed E-state index contributed by atoms with van der Waals surface area (Å²) in [6, 6.07) is 21.1. The zero-order valence-corrected chi connectivity index (χ0v) is 21.7. The van der Waals surface area contributed by atoms with Crippen LogP contribution in [0.3, 0.4) is 0 Å². The molecule has 1 atom stereocenters. The van der Waals surface area contributed by atoms with Gasteiger partial charge in [-0.2, -0.15) is 0 Å². The van der Waals surface area contributed by atoms with Crippen LogP contribution in [0.15, 0.2) is 83.8 Å². The van der Waals surface area contributed by atoms with E-state index in [1.165, 1.54) is 31.2 Å². The number of nitrogens with zero attached hydrogens (tertiary/aromatic N) is 2. The minimum atomic E-state index is -4.09. The fourth-order valence-corrected chi connectivity index (χ4v) is 5.11. The van der Waals surface area contributed by atoms with Gasteiger partial charge in [-0.3, -0.25) is 13.9 Å². The maximum absolute atomic E-state index is 13.7. The molecule has 190 valence electrons. The number of carbonyl (C=O) groups is 2. The fourth-order valence-electron chi connectivity index (χ4n) is 3.68. The molecule has 0 saturated heterocycles. The van der Waals surface area contributed by atoms with E-state index in [9.17, 15) is 18.0 Å². The lowest BCUT2D eigenvalue weighted by Crippen LogP contribution is -2.50. The van der Waals surface area contributed by atoms with Crippen LogP contribution < -0.4 is 14.4 Å². The van der Waals surface area contributed by atoms with Gasteiger partial charge in [-0.05, 0) is 55.8 Å². The number of nitrogens with one attached hydrogen (secondary N) is 1. The van der Waals surface area contributed by atoms with Crippen molar-refractivity contribution >= 4 is 27.5 Å². The van der Waals surface area contributed by atoms with Crippen molar-refractivity contribution in [1.29, 1.82) is 0 Å². The molecule has 0 spiro atoms. The van der Waals surface area contributed by atoms with Crippen molar-refractivity contribution in [1.82, 2.24) is 10.2 Å². The molecule has 9 heteroatoms. The van der Waals surface area contributed by atoms with Crippen LogP contribution in [0.5, 0.6) is 5.75 Å². The van der Waals surface area contributed by atoms with Crippen LogP contribution in [0.1, 0.15) is 18.1 Å². The average molecular weight is 510 g/mol. The summed E-state index contributed by atoms with van der Waals surface area (Å²) in [5.41, 5.74) is 2.19. The minimum absolute atomic E-state index is 0.0538. The third-order valence-electron chi connectivity index (χ3n) is 5.86. The van der Waals surface area contributed by atoms with Crippen molar-refractivity contribution < 1.29 is 22.7 Å². The van der Waals surface area contributed by atoms with Crippen molar-refractivity contribution in [2.45, 2.75) is 31.3 Å². The Balaban J connectivity index is 2.01. The first-order valence-electron chi connectivity index (χ1n) is 11.5. The zero-order chi connectivity index (χ0) is 26.3. The lowest BCUT2D eigenvalue weighted by atomic mass is 10.1. The molecule has 8 nitrogen and oxygen atoms in total. The van der Waals surface area contributed by atoms with E-state index in [-0.39, 0.29) is 17.3 Å². The van der Waals surface area contributed by atoms with Gasteiger partial charge < -0.3 is 15.0 Å². The molecule has 0 aliphatic carbocycles. The van der Waals surface area contributed by atoms with Crippen LogP contribution in [-0.2, 0) is 26.2 Å². The second kappa shape index (κ2) is 11.7. The Labute approximate surface area is 212 Å². The number of aryl methyl sites for hydroxylation is 1. The third-order valence-corrected chi connectivity index (χ3v) is 7.65. The highest BCUT2D eigenvalue weighted by Gasteiger charge is 2.32. The summed E-state index contributed by atoms with van der Waals surface area (Å²) < 4.78 is 33.5. The van der Waals surface area contributed by atoms with E-state index >= 15 is 0 Å². The lowest BCUT2D eigenvalue weighted by Gasteiger charge is -2.31. The number of sulfonamides is 1. The summed E-state index contributed by atoms with van der Waals surface area (Å²) in [6.45, 7) is 3.24. The Morgan fingerprint density at radius 3 is 2.11 bits per heavy atom. The highest BCUT2D eigenvalue weighted by Crippen LogP contribution is 2.26. The van der Waals surface area contributed by atoms with Gasteiger partial charge in [0.05, 0.1) is 17.7 Å². The molecule has 3 aromatic rings. The Morgan fingerprint density at radius 2 is 1.56 bits per heavy atom. The maximum Gasteiger partial charge on any atom is 0.264 e. The topological polar surface area (TPSA) is 96.0 Å². The standard InChI is InChI=1S/C27H31N3O5S/c1-20-10-12-22(13-11-20)18-29(21(2)27(32)28-3)26(31)19-30(23-14-16-24(35-4)17-15-23)36(33,34)25-8-6-5-7-9-25/h5-17,21H,18-19H2,1-4H3,(H,28,32)/t21-/m0/s1. The third kappa shape index (κ3) is 6.23. The first-order chi connectivity index (χ1) is 17.2. The fraction of sp³-hybridized carbons (Fsp3) is 0.259. The van der Waals surface area contributed by atoms with Crippen LogP contribution in [0.2, 0.25) is 0 Å². The van der Waals surface area contributed by atoms with Gasteiger partial charge in [-0.15, -0.1) is 0 Å². The first kappa shape index (κ1) is 26.7. The van der Waals surface area contributed by atoms with E-state index in [1.54, 1.807) is 49.4 Å². The van der Waals surface area contributed by atoms with Crippen molar-refractivity contribution in [3.05, 3.63) is 90.0 Å². The number of hydrogen-bond donors (Lipinski definition) is 1. The van der Waals surface area contributed by atoms with Gasteiger partial charge in [0.15, 0.2) is 0 Å². The largest absolute Gasteiger partial charge is 0.497 e. The van der Waals surface area contributed by atoms with E-state index in [4.69, 9.17) is 4.74 Å². The molecule has 0 aromatic heterocycles. The number of carbonyl (C=O) groups excluding carboxylic acids is 2. The number of methoxy groups -OCH3 is 1. The molecule has 36 heavy (non-hydrogen) atoms. The quantitative estimate of drug-likeness (QED) is 0.452. The highest BCUT2D eigenvalue weighted by molar-refractivity contribution is 7.92. The Bertz CT molecular complexity index is 1280. The Morgan fingerprint density at radius 1 is 0.944 bits per heavy atom. The highest BCUT2D eigenvalue weighted by atomic mass is 32.2. The molecule has 1 N–H and O–H groups in total. The molecule has 0 saturated carbocycles. The normalized spacial score (nSPS) is 11.9. The Kier molecular flexibility index (Phi) is 8.71. The van der Waals surface area contributed by atoms with E-state index in [1.807, 2.05) is 31.2 Å². The number of ether oxygens (including phenoxy) is 1. The summed E-state index contributed by atoms with van der Waals surface area (Å²) in [5, 5.41) is 2.57. The lowest BCUT2D eigenvalue weighted by molar-refractivity contribution is -0.139. The molecule has 0 fully saturated rings. The van der Waals surface area contributed by atoms with Crippen molar-refractivity contribution in [2.24, 2.45) is 0 Å². The predicted octanol–water partition coefficient (Wildman–Crippen LogP) is 3.36. The van der Waals surface area contributed by atoms with E-state index in [2.05, 4.69) is 5.32 Å². The maximum atomic E-state index is 13.7. The molecule has 3 aromatic carbocycles. The Hall–Kier alpha value is -3.85. The van der Waals surface area contributed by atoms with Gasteiger partial charge in [0.25, 0.3) is 10.0 Å². The van der Waals surface area contributed by atoms with E-state index in [0.29, 0.717) is 11.4 Å². The molecule has 3 rings (SSSR count). The van der Waals surface area contributed by atoms with Gasteiger partial charge in [-0.25, -0.2) is 8.42 Å². The average Bonchev–Trinajstić information content (AvgIpc) is 2.90.